The predicted octanol–water partition coefficient (Wildman–Crippen LogP) is 3.84. The molecular weight excluding hydrogens is 288 g/mol. The number of hydrogen-bond donors (Lipinski definition) is 2. The lowest BCUT2D eigenvalue weighted by molar-refractivity contribution is 0.415. The van der Waals surface area contributed by atoms with Crippen molar-refractivity contribution in [2.75, 3.05) is 17.7 Å². The molecule has 0 aliphatic carbocycles. The van der Waals surface area contributed by atoms with Gasteiger partial charge in [-0.15, -0.1) is 0 Å². The minimum absolute atomic E-state index is 0.549. The van der Waals surface area contributed by atoms with Crippen molar-refractivity contribution in [2.24, 2.45) is 0 Å². The summed E-state index contributed by atoms with van der Waals surface area (Å²) in [6.07, 6.45) is 1.73. The van der Waals surface area contributed by atoms with Crippen LogP contribution in [-0.2, 0) is 6.54 Å². The lowest BCUT2D eigenvalue weighted by Gasteiger charge is -2.09. The maximum absolute atomic E-state index is 5.14. The maximum Gasteiger partial charge on any atom is 0.229 e. The van der Waals surface area contributed by atoms with E-state index in [4.69, 9.17) is 4.74 Å². The van der Waals surface area contributed by atoms with Crippen LogP contribution in [-0.4, -0.2) is 17.1 Å². The molecule has 0 bridgehead atoms. The van der Waals surface area contributed by atoms with E-state index in [1.165, 1.54) is 5.56 Å². The molecule has 5 nitrogen and oxygen atoms in total. The lowest BCUT2D eigenvalue weighted by Crippen LogP contribution is -2.04. The standard InChI is InChI=1S/C18H18N4O/c1-23-16-9-7-15(8-10-16)21-18-19-12-11-17(22-18)20-13-14-5-3-2-4-6-14/h2-12H,13H2,1H3,(H2,19,20,21,22). The fourth-order valence-electron chi connectivity index (χ4n) is 2.11. The van der Waals surface area contributed by atoms with Gasteiger partial charge < -0.3 is 15.4 Å². The fraction of sp³-hybridized carbons (Fsp3) is 0.111. The van der Waals surface area contributed by atoms with Gasteiger partial charge in [-0.3, -0.25) is 0 Å². The Bertz CT molecular complexity index is 744. The molecule has 0 radical (unpaired) electrons. The van der Waals surface area contributed by atoms with Gasteiger partial charge in [0.2, 0.25) is 5.95 Å². The van der Waals surface area contributed by atoms with E-state index in [2.05, 4.69) is 32.7 Å². The normalized spacial score (nSPS) is 10.1. The van der Waals surface area contributed by atoms with Crippen molar-refractivity contribution < 1.29 is 4.74 Å². The third-order valence-corrected chi connectivity index (χ3v) is 3.32. The van der Waals surface area contributed by atoms with E-state index in [-0.39, 0.29) is 0 Å². The number of anilines is 3. The predicted molar refractivity (Wildman–Crippen MR) is 92.1 cm³/mol. The second-order valence-corrected chi connectivity index (χ2v) is 4.96. The molecule has 5 heteroatoms. The molecule has 0 saturated carbocycles. The Morgan fingerprint density at radius 3 is 2.48 bits per heavy atom. The van der Waals surface area contributed by atoms with Gasteiger partial charge in [-0.05, 0) is 35.9 Å². The summed E-state index contributed by atoms with van der Waals surface area (Å²) < 4.78 is 5.14. The van der Waals surface area contributed by atoms with Crippen LogP contribution in [0.1, 0.15) is 5.56 Å². The molecule has 0 aliphatic rings. The van der Waals surface area contributed by atoms with Crippen LogP contribution in [0.25, 0.3) is 0 Å². The van der Waals surface area contributed by atoms with Crippen molar-refractivity contribution in [1.29, 1.82) is 0 Å². The van der Waals surface area contributed by atoms with E-state index in [0.29, 0.717) is 5.95 Å². The summed E-state index contributed by atoms with van der Waals surface area (Å²) in [6.45, 7) is 0.722. The average Bonchev–Trinajstić information content (AvgIpc) is 2.62. The Labute approximate surface area is 135 Å². The maximum atomic E-state index is 5.14. The minimum atomic E-state index is 0.549. The molecule has 1 heterocycles. The number of nitrogens with one attached hydrogen (secondary N) is 2. The number of benzene rings is 2. The summed E-state index contributed by atoms with van der Waals surface area (Å²) in [5.74, 6) is 2.14. The summed E-state index contributed by atoms with van der Waals surface area (Å²) in [5, 5.41) is 6.47. The Morgan fingerprint density at radius 2 is 1.74 bits per heavy atom. The molecule has 116 valence electrons. The van der Waals surface area contributed by atoms with E-state index in [0.717, 1.165) is 23.8 Å². The van der Waals surface area contributed by atoms with E-state index < -0.39 is 0 Å². The van der Waals surface area contributed by atoms with Crippen LogP contribution >= 0.6 is 0 Å². The fourth-order valence-corrected chi connectivity index (χ4v) is 2.11. The molecule has 0 unspecified atom stereocenters. The smallest absolute Gasteiger partial charge is 0.229 e. The van der Waals surface area contributed by atoms with Crippen LogP contribution in [0.4, 0.5) is 17.5 Å². The number of rotatable bonds is 6. The molecule has 0 aliphatic heterocycles. The van der Waals surface area contributed by atoms with Crippen molar-refractivity contribution in [2.45, 2.75) is 6.54 Å². The highest BCUT2D eigenvalue weighted by Crippen LogP contribution is 2.18. The van der Waals surface area contributed by atoms with E-state index in [1.807, 2.05) is 48.5 Å². The first-order valence-electron chi connectivity index (χ1n) is 7.35. The second kappa shape index (κ2) is 7.26. The largest absolute Gasteiger partial charge is 0.497 e. The Balaban J connectivity index is 1.64. The number of ether oxygens (including phenoxy) is 1. The van der Waals surface area contributed by atoms with Crippen molar-refractivity contribution in [3.63, 3.8) is 0 Å². The van der Waals surface area contributed by atoms with Gasteiger partial charge in [0.25, 0.3) is 0 Å². The van der Waals surface area contributed by atoms with Gasteiger partial charge in [-0.1, -0.05) is 30.3 Å². The average molecular weight is 306 g/mol. The zero-order valence-electron chi connectivity index (χ0n) is 12.9. The molecule has 0 atom stereocenters. The Hall–Kier alpha value is -3.08. The topological polar surface area (TPSA) is 59.1 Å². The quantitative estimate of drug-likeness (QED) is 0.724. The van der Waals surface area contributed by atoms with E-state index >= 15 is 0 Å². The van der Waals surface area contributed by atoms with Crippen LogP contribution < -0.4 is 15.4 Å². The van der Waals surface area contributed by atoms with Crippen molar-refractivity contribution in [3.05, 3.63) is 72.4 Å². The van der Waals surface area contributed by atoms with Crippen LogP contribution in [0.3, 0.4) is 0 Å². The molecule has 2 aromatic carbocycles. The van der Waals surface area contributed by atoms with Crippen molar-refractivity contribution in [1.82, 2.24) is 9.97 Å². The number of methoxy groups -OCH3 is 1. The summed E-state index contributed by atoms with van der Waals surface area (Å²) in [6, 6.07) is 19.7. The van der Waals surface area contributed by atoms with Gasteiger partial charge in [-0.2, -0.15) is 4.98 Å². The van der Waals surface area contributed by atoms with Crippen LogP contribution in [0.2, 0.25) is 0 Å². The molecule has 3 rings (SSSR count). The summed E-state index contributed by atoms with van der Waals surface area (Å²) in [4.78, 5) is 8.70. The third-order valence-electron chi connectivity index (χ3n) is 3.32. The minimum Gasteiger partial charge on any atom is -0.497 e. The second-order valence-electron chi connectivity index (χ2n) is 4.96. The lowest BCUT2D eigenvalue weighted by atomic mass is 10.2. The van der Waals surface area contributed by atoms with Crippen molar-refractivity contribution >= 4 is 17.5 Å². The van der Waals surface area contributed by atoms with Crippen molar-refractivity contribution in [3.8, 4) is 5.75 Å². The highest BCUT2D eigenvalue weighted by molar-refractivity contribution is 5.55. The van der Waals surface area contributed by atoms with Gasteiger partial charge in [-0.25, -0.2) is 4.98 Å². The van der Waals surface area contributed by atoms with Crippen LogP contribution in [0, 0.1) is 0 Å². The summed E-state index contributed by atoms with van der Waals surface area (Å²) >= 11 is 0. The van der Waals surface area contributed by atoms with Gasteiger partial charge >= 0.3 is 0 Å². The number of aromatic nitrogens is 2. The first kappa shape index (κ1) is 14.8. The van der Waals surface area contributed by atoms with Gasteiger partial charge in [0.1, 0.15) is 11.6 Å². The van der Waals surface area contributed by atoms with Gasteiger partial charge in [0, 0.05) is 18.4 Å². The molecule has 3 aromatic rings. The molecule has 1 aromatic heterocycles. The molecule has 0 saturated heterocycles. The summed E-state index contributed by atoms with van der Waals surface area (Å²) in [7, 11) is 1.65. The molecule has 0 spiro atoms. The van der Waals surface area contributed by atoms with Crippen LogP contribution in [0.5, 0.6) is 5.75 Å². The monoisotopic (exact) mass is 306 g/mol. The molecule has 0 amide bonds. The third kappa shape index (κ3) is 4.20. The highest BCUT2D eigenvalue weighted by Gasteiger charge is 2.01. The zero-order valence-corrected chi connectivity index (χ0v) is 12.9. The van der Waals surface area contributed by atoms with Gasteiger partial charge in [0.05, 0.1) is 7.11 Å². The highest BCUT2D eigenvalue weighted by atomic mass is 16.5. The Morgan fingerprint density at radius 1 is 0.957 bits per heavy atom. The molecular formula is C18H18N4O. The Kier molecular flexibility index (Phi) is 4.69. The van der Waals surface area contributed by atoms with E-state index in [9.17, 15) is 0 Å². The number of hydrogen-bond acceptors (Lipinski definition) is 5. The van der Waals surface area contributed by atoms with Crippen LogP contribution in [0.15, 0.2) is 66.9 Å². The van der Waals surface area contributed by atoms with Gasteiger partial charge in [0.15, 0.2) is 0 Å². The number of nitrogens with zero attached hydrogens (tertiary/aromatic N) is 2. The first-order chi connectivity index (χ1) is 11.3. The SMILES string of the molecule is COc1ccc(Nc2nccc(NCc3ccccc3)n2)cc1. The molecule has 23 heavy (non-hydrogen) atoms. The molecule has 0 fully saturated rings. The van der Waals surface area contributed by atoms with E-state index in [1.54, 1.807) is 13.3 Å². The zero-order chi connectivity index (χ0) is 15.9. The molecule has 2 N–H and O–H groups in total. The first-order valence-corrected chi connectivity index (χ1v) is 7.35. The summed E-state index contributed by atoms with van der Waals surface area (Å²) in [5.41, 5.74) is 2.11.